The van der Waals surface area contributed by atoms with Crippen LogP contribution in [0.5, 0.6) is 0 Å². The quantitative estimate of drug-likeness (QED) is 0.804. The summed E-state index contributed by atoms with van der Waals surface area (Å²) in [5.74, 6) is -0.680. The van der Waals surface area contributed by atoms with Crippen LogP contribution in [0.1, 0.15) is 22.8 Å². The van der Waals surface area contributed by atoms with E-state index in [4.69, 9.17) is 0 Å². The van der Waals surface area contributed by atoms with Crippen molar-refractivity contribution in [2.75, 3.05) is 31.1 Å². The smallest absolute Gasteiger partial charge is 0.227 e. The SMILES string of the molecule is CC(=O)c1c(F)cccc1N1CCN(C(=O)Cc2ccccc2)CC1. The van der Waals surface area contributed by atoms with Gasteiger partial charge in [0, 0.05) is 26.2 Å². The first-order valence-corrected chi connectivity index (χ1v) is 8.42. The van der Waals surface area contributed by atoms with E-state index in [1.54, 1.807) is 12.1 Å². The predicted molar refractivity (Wildman–Crippen MR) is 95.3 cm³/mol. The number of piperazine rings is 1. The topological polar surface area (TPSA) is 40.6 Å². The monoisotopic (exact) mass is 340 g/mol. The summed E-state index contributed by atoms with van der Waals surface area (Å²) in [6.07, 6.45) is 0.388. The van der Waals surface area contributed by atoms with Gasteiger partial charge in [0.2, 0.25) is 5.91 Å². The van der Waals surface area contributed by atoms with Crippen LogP contribution < -0.4 is 4.90 Å². The van der Waals surface area contributed by atoms with E-state index in [0.717, 1.165) is 5.56 Å². The summed E-state index contributed by atoms with van der Waals surface area (Å²) in [6, 6.07) is 14.4. The summed E-state index contributed by atoms with van der Waals surface area (Å²) in [4.78, 5) is 28.0. The van der Waals surface area contributed by atoms with Crippen LogP contribution in [0.3, 0.4) is 0 Å². The second-order valence-electron chi connectivity index (χ2n) is 6.22. The van der Waals surface area contributed by atoms with Gasteiger partial charge in [-0.1, -0.05) is 36.4 Å². The van der Waals surface area contributed by atoms with Gasteiger partial charge in [-0.25, -0.2) is 4.39 Å². The van der Waals surface area contributed by atoms with Gasteiger partial charge in [-0.3, -0.25) is 9.59 Å². The standard InChI is InChI=1S/C20H21FN2O2/c1-15(24)20-17(21)8-5-9-18(20)22-10-12-23(13-11-22)19(25)14-16-6-3-2-4-7-16/h2-9H,10-14H2,1H3. The van der Waals surface area contributed by atoms with Gasteiger partial charge in [-0.05, 0) is 24.6 Å². The lowest BCUT2D eigenvalue weighted by atomic mass is 10.1. The Kier molecular flexibility index (Phi) is 5.12. The lowest BCUT2D eigenvalue weighted by Crippen LogP contribution is -2.49. The van der Waals surface area contributed by atoms with Gasteiger partial charge in [0.05, 0.1) is 17.7 Å². The first-order chi connectivity index (χ1) is 12.1. The molecule has 0 saturated carbocycles. The molecule has 0 aromatic heterocycles. The van der Waals surface area contributed by atoms with Crippen molar-refractivity contribution in [1.29, 1.82) is 0 Å². The Hall–Kier alpha value is -2.69. The molecule has 4 nitrogen and oxygen atoms in total. The van der Waals surface area contributed by atoms with Crippen molar-refractivity contribution < 1.29 is 14.0 Å². The van der Waals surface area contributed by atoms with E-state index < -0.39 is 5.82 Å². The average molecular weight is 340 g/mol. The molecule has 3 rings (SSSR count). The van der Waals surface area contributed by atoms with E-state index in [1.807, 2.05) is 40.1 Å². The fourth-order valence-electron chi connectivity index (χ4n) is 3.20. The van der Waals surface area contributed by atoms with Gasteiger partial charge in [0.15, 0.2) is 5.78 Å². The third kappa shape index (κ3) is 3.87. The summed E-state index contributed by atoms with van der Waals surface area (Å²) < 4.78 is 14.0. The van der Waals surface area contributed by atoms with Crippen molar-refractivity contribution in [2.45, 2.75) is 13.3 Å². The Bertz CT molecular complexity index is 769. The lowest BCUT2D eigenvalue weighted by molar-refractivity contribution is -0.130. The van der Waals surface area contributed by atoms with Gasteiger partial charge in [0.25, 0.3) is 0 Å². The van der Waals surface area contributed by atoms with Crippen LogP contribution in [0, 0.1) is 5.82 Å². The summed E-state index contributed by atoms with van der Waals surface area (Å²) in [6.45, 7) is 3.69. The Balaban J connectivity index is 1.65. The van der Waals surface area contributed by atoms with Crippen LogP contribution >= 0.6 is 0 Å². The zero-order valence-electron chi connectivity index (χ0n) is 14.2. The van der Waals surface area contributed by atoms with Crippen molar-refractivity contribution in [3.8, 4) is 0 Å². The number of halogens is 1. The highest BCUT2D eigenvalue weighted by Crippen LogP contribution is 2.25. The van der Waals surface area contributed by atoms with E-state index >= 15 is 0 Å². The second kappa shape index (κ2) is 7.47. The lowest BCUT2D eigenvalue weighted by Gasteiger charge is -2.37. The molecule has 0 atom stereocenters. The summed E-state index contributed by atoms with van der Waals surface area (Å²) >= 11 is 0. The Labute approximate surface area is 146 Å². The van der Waals surface area contributed by atoms with Crippen molar-refractivity contribution in [3.05, 3.63) is 65.5 Å². The van der Waals surface area contributed by atoms with E-state index in [0.29, 0.717) is 38.3 Å². The van der Waals surface area contributed by atoms with Crippen LogP contribution in [0.4, 0.5) is 10.1 Å². The molecule has 1 saturated heterocycles. The third-order valence-corrected chi connectivity index (χ3v) is 4.51. The number of carbonyl (C=O) groups is 2. The number of nitrogens with zero attached hydrogens (tertiary/aromatic N) is 2. The summed E-state index contributed by atoms with van der Waals surface area (Å²) in [5.41, 5.74) is 1.74. The Morgan fingerprint density at radius 2 is 1.64 bits per heavy atom. The number of anilines is 1. The van der Waals surface area contributed by atoms with Gasteiger partial charge < -0.3 is 9.80 Å². The molecule has 2 aromatic rings. The molecule has 0 aliphatic carbocycles. The summed E-state index contributed by atoms with van der Waals surface area (Å²) in [7, 11) is 0. The highest BCUT2D eigenvalue weighted by atomic mass is 19.1. The fourth-order valence-corrected chi connectivity index (χ4v) is 3.20. The largest absolute Gasteiger partial charge is 0.367 e. The molecule has 1 aliphatic rings. The minimum absolute atomic E-state index is 0.0943. The average Bonchev–Trinajstić information content (AvgIpc) is 2.62. The predicted octanol–water partition coefficient (Wildman–Crippen LogP) is 2.92. The molecule has 2 aromatic carbocycles. The molecule has 1 fully saturated rings. The highest BCUT2D eigenvalue weighted by molar-refractivity contribution is 6.00. The number of hydrogen-bond acceptors (Lipinski definition) is 3. The first-order valence-electron chi connectivity index (χ1n) is 8.42. The molecule has 0 spiro atoms. The van der Waals surface area contributed by atoms with Crippen molar-refractivity contribution >= 4 is 17.4 Å². The van der Waals surface area contributed by atoms with Crippen LogP contribution in [-0.2, 0) is 11.2 Å². The normalized spacial score (nSPS) is 14.5. The molecule has 1 amide bonds. The van der Waals surface area contributed by atoms with Gasteiger partial charge >= 0.3 is 0 Å². The van der Waals surface area contributed by atoms with Crippen LogP contribution in [0.25, 0.3) is 0 Å². The van der Waals surface area contributed by atoms with Crippen molar-refractivity contribution in [2.24, 2.45) is 0 Å². The van der Waals surface area contributed by atoms with Crippen LogP contribution in [-0.4, -0.2) is 42.8 Å². The van der Waals surface area contributed by atoms with Gasteiger partial charge in [0.1, 0.15) is 5.82 Å². The summed E-state index contributed by atoms with van der Waals surface area (Å²) in [5, 5.41) is 0. The number of Topliss-reactive ketones (excluding diaryl/α,β-unsaturated/α-hetero) is 1. The molecule has 0 bridgehead atoms. The molecular weight excluding hydrogens is 319 g/mol. The fraction of sp³-hybridized carbons (Fsp3) is 0.300. The number of amides is 1. The van der Waals surface area contributed by atoms with Crippen molar-refractivity contribution in [1.82, 2.24) is 4.90 Å². The second-order valence-corrected chi connectivity index (χ2v) is 6.22. The minimum Gasteiger partial charge on any atom is -0.367 e. The molecule has 0 radical (unpaired) electrons. The Morgan fingerprint density at radius 1 is 0.960 bits per heavy atom. The molecular formula is C20H21FN2O2. The van der Waals surface area contributed by atoms with E-state index in [2.05, 4.69) is 0 Å². The number of rotatable bonds is 4. The van der Waals surface area contributed by atoms with Gasteiger partial charge in [-0.2, -0.15) is 0 Å². The molecule has 5 heteroatoms. The Morgan fingerprint density at radius 3 is 2.28 bits per heavy atom. The maximum absolute atomic E-state index is 14.0. The molecule has 130 valence electrons. The molecule has 1 heterocycles. The van der Waals surface area contributed by atoms with Gasteiger partial charge in [-0.15, -0.1) is 0 Å². The molecule has 0 N–H and O–H groups in total. The van der Waals surface area contributed by atoms with Crippen LogP contribution in [0.2, 0.25) is 0 Å². The maximum Gasteiger partial charge on any atom is 0.227 e. The number of ketones is 1. The number of hydrogen-bond donors (Lipinski definition) is 0. The highest BCUT2D eigenvalue weighted by Gasteiger charge is 2.24. The first kappa shape index (κ1) is 17.1. The zero-order valence-corrected chi connectivity index (χ0v) is 14.2. The van der Waals surface area contributed by atoms with Crippen LogP contribution in [0.15, 0.2) is 48.5 Å². The third-order valence-electron chi connectivity index (χ3n) is 4.51. The minimum atomic E-state index is -0.493. The number of carbonyl (C=O) groups excluding carboxylic acids is 2. The van der Waals surface area contributed by atoms with Crippen molar-refractivity contribution in [3.63, 3.8) is 0 Å². The van der Waals surface area contributed by atoms with E-state index in [1.165, 1.54) is 13.0 Å². The zero-order chi connectivity index (χ0) is 17.8. The van der Waals surface area contributed by atoms with E-state index in [-0.39, 0.29) is 17.3 Å². The van der Waals surface area contributed by atoms with E-state index in [9.17, 15) is 14.0 Å². The molecule has 1 aliphatic heterocycles. The molecule has 25 heavy (non-hydrogen) atoms. The molecule has 0 unspecified atom stereocenters. The number of benzene rings is 2. The maximum atomic E-state index is 14.0.